The summed E-state index contributed by atoms with van der Waals surface area (Å²) in [5.74, 6) is 2.64. The van der Waals surface area contributed by atoms with Crippen LogP contribution in [0.15, 0.2) is 24.3 Å². The Bertz CT molecular complexity index is 756. The van der Waals surface area contributed by atoms with E-state index >= 15 is 0 Å². The quantitative estimate of drug-likeness (QED) is 0.866. The molecule has 0 spiro atoms. The molecule has 1 aromatic carbocycles. The van der Waals surface area contributed by atoms with Gasteiger partial charge in [0.05, 0.1) is 6.04 Å². The minimum atomic E-state index is -0.213. The maximum absolute atomic E-state index is 13.6. The van der Waals surface area contributed by atoms with Crippen molar-refractivity contribution in [3.05, 3.63) is 35.6 Å². The SMILES string of the molecule is CC(=O)NC1CN(C(=O)CC2(c3ccc(F)cc3)C3CC4CC(C3)CC2C4)C1. The molecule has 4 nitrogen and oxygen atoms in total. The fourth-order valence-electron chi connectivity index (χ4n) is 7.07. The highest BCUT2D eigenvalue weighted by molar-refractivity contribution is 5.80. The lowest BCUT2D eigenvalue weighted by Gasteiger charge is -2.62. The third kappa shape index (κ3) is 2.85. The maximum atomic E-state index is 13.6. The highest BCUT2D eigenvalue weighted by Crippen LogP contribution is 2.64. The fourth-order valence-corrected chi connectivity index (χ4v) is 7.07. The normalized spacial score (nSPS) is 36.3. The van der Waals surface area contributed by atoms with Gasteiger partial charge in [-0.15, -0.1) is 0 Å². The van der Waals surface area contributed by atoms with Crippen LogP contribution in [0.4, 0.5) is 4.39 Å². The lowest BCUT2D eigenvalue weighted by Crippen LogP contribution is -2.63. The first-order valence-corrected chi connectivity index (χ1v) is 10.7. The Morgan fingerprint density at radius 1 is 1.04 bits per heavy atom. The first kappa shape index (κ1) is 18.1. The molecule has 1 aliphatic heterocycles. The van der Waals surface area contributed by atoms with Crippen molar-refractivity contribution in [1.82, 2.24) is 10.2 Å². The van der Waals surface area contributed by atoms with E-state index in [2.05, 4.69) is 5.32 Å². The zero-order chi connectivity index (χ0) is 19.5. The van der Waals surface area contributed by atoms with Crippen molar-refractivity contribution in [2.45, 2.75) is 56.9 Å². The van der Waals surface area contributed by atoms with E-state index in [1.807, 2.05) is 17.0 Å². The third-order valence-corrected chi connectivity index (χ3v) is 8.06. The molecule has 150 valence electrons. The van der Waals surface area contributed by atoms with Gasteiger partial charge in [0.25, 0.3) is 0 Å². The summed E-state index contributed by atoms with van der Waals surface area (Å²) in [6, 6.07) is 7.07. The van der Waals surface area contributed by atoms with Crippen molar-refractivity contribution in [3.8, 4) is 0 Å². The molecule has 1 aromatic rings. The Kier molecular flexibility index (Phi) is 4.25. The van der Waals surface area contributed by atoms with Crippen molar-refractivity contribution in [2.75, 3.05) is 13.1 Å². The van der Waals surface area contributed by atoms with Gasteiger partial charge < -0.3 is 10.2 Å². The van der Waals surface area contributed by atoms with Crippen LogP contribution in [0.5, 0.6) is 0 Å². The monoisotopic (exact) mass is 384 g/mol. The Labute approximate surface area is 165 Å². The van der Waals surface area contributed by atoms with E-state index in [9.17, 15) is 14.0 Å². The summed E-state index contributed by atoms with van der Waals surface area (Å²) >= 11 is 0. The fraction of sp³-hybridized carbons (Fsp3) is 0.652. The van der Waals surface area contributed by atoms with Crippen molar-refractivity contribution >= 4 is 11.8 Å². The highest BCUT2D eigenvalue weighted by Gasteiger charge is 2.58. The second-order valence-corrected chi connectivity index (χ2v) is 9.72. The molecule has 1 heterocycles. The van der Waals surface area contributed by atoms with Gasteiger partial charge in [-0.25, -0.2) is 4.39 Å². The summed E-state index contributed by atoms with van der Waals surface area (Å²) in [4.78, 5) is 26.3. The number of amides is 2. The lowest BCUT2D eigenvalue weighted by molar-refractivity contribution is -0.144. The van der Waals surface area contributed by atoms with Crippen molar-refractivity contribution in [2.24, 2.45) is 23.7 Å². The van der Waals surface area contributed by atoms with Gasteiger partial charge in [0, 0.05) is 31.8 Å². The Morgan fingerprint density at radius 3 is 2.14 bits per heavy atom. The van der Waals surface area contributed by atoms with Crippen molar-refractivity contribution < 1.29 is 14.0 Å². The van der Waals surface area contributed by atoms with Gasteiger partial charge in [0.2, 0.25) is 11.8 Å². The molecule has 2 amide bonds. The van der Waals surface area contributed by atoms with E-state index in [1.54, 1.807) is 12.1 Å². The number of likely N-dealkylation sites (tertiary alicyclic amines) is 1. The number of halogens is 1. The van der Waals surface area contributed by atoms with E-state index in [1.165, 1.54) is 39.0 Å². The Morgan fingerprint density at radius 2 is 1.61 bits per heavy atom. The second kappa shape index (κ2) is 6.57. The zero-order valence-electron chi connectivity index (χ0n) is 16.5. The second-order valence-electron chi connectivity index (χ2n) is 9.72. The molecular weight excluding hydrogens is 355 g/mol. The number of benzene rings is 1. The number of hydrogen-bond donors (Lipinski definition) is 1. The molecule has 1 N–H and O–H groups in total. The number of rotatable bonds is 4. The van der Waals surface area contributed by atoms with Crippen LogP contribution in [-0.2, 0) is 15.0 Å². The molecule has 4 saturated carbocycles. The predicted octanol–water partition coefficient (Wildman–Crippen LogP) is 3.26. The summed E-state index contributed by atoms with van der Waals surface area (Å²) in [5, 5.41) is 2.89. The Hall–Kier alpha value is -1.91. The first-order chi connectivity index (χ1) is 13.4. The van der Waals surface area contributed by atoms with Crippen LogP contribution in [0.1, 0.15) is 51.0 Å². The Balaban J connectivity index is 1.41. The molecule has 5 aliphatic rings. The van der Waals surface area contributed by atoms with Gasteiger partial charge in [-0.2, -0.15) is 0 Å². The van der Waals surface area contributed by atoms with Crippen LogP contribution in [0.3, 0.4) is 0 Å². The minimum Gasteiger partial charge on any atom is -0.350 e. The van der Waals surface area contributed by atoms with Crippen molar-refractivity contribution in [3.63, 3.8) is 0 Å². The van der Waals surface area contributed by atoms with Gasteiger partial charge in [-0.05, 0) is 73.5 Å². The van der Waals surface area contributed by atoms with E-state index in [-0.39, 0.29) is 29.1 Å². The first-order valence-electron chi connectivity index (χ1n) is 10.7. The van der Waals surface area contributed by atoms with Crippen molar-refractivity contribution in [1.29, 1.82) is 0 Å². The van der Waals surface area contributed by atoms with Gasteiger partial charge in [0.1, 0.15) is 5.82 Å². The highest BCUT2D eigenvalue weighted by atomic mass is 19.1. The van der Waals surface area contributed by atoms with Gasteiger partial charge in [-0.1, -0.05) is 12.1 Å². The maximum Gasteiger partial charge on any atom is 0.223 e. The molecule has 1 saturated heterocycles. The third-order valence-electron chi connectivity index (χ3n) is 8.06. The van der Waals surface area contributed by atoms with Crippen LogP contribution in [0, 0.1) is 29.5 Å². The van der Waals surface area contributed by atoms with Crippen LogP contribution >= 0.6 is 0 Å². The average molecular weight is 384 g/mol. The molecule has 4 bridgehead atoms. The molecule has 5 heteroatoms. The molecule has 28 heavy (non-hydrogen) atoms. The van der Waals surface area contributed by atoms with E-state index < -0.39 is 0 Å². The standard InChI is InChI=1S/C23H29FN2O2/c1-14(27)25-21-12-26(13-21)22(28)11-23(17-2-4-20(24)5-3-17)18-7-15-6-16(9-18)10-19(23)8-15/h2-5,15-16,18-19,21H,6-13H2,1H3,(H,25,27). The summed E-state index contributed by atoms with van der Waals surface area (Å²) in [6.45, 7) is 2.74. The predicted molar refractivity (Wildman–Crippen MR) is 104 cm³/mol. The molecule has 5 fully saturated rings. The van der Waals surface area contributed by atoms with Crippen LogP contribution in [0.2, 0.25) is 0 Å². The minimum absolute atomic E-state index is 0.0408. The van der Waals surface area contributed by atoms with Crippen LogP contribution in [-0.4, -0.2) is 35.8 Å². The molecule has 4 aliphatic carbocycles. The molecule has 0 radical (unpaired) electrons. The number of hydrogen-bond acceptors (Lipinski definition) is 2. The summed E-state index contributed by atoms with van der Waals surface area (Å²) in [5.41, 5.74) is 1.02. The topological polar surface area (TPSA) is 49.4 Å². The van der Waals surface area contributed by atoms with Crippen LogP contribution in [0.25, 0.3) is 0 Å². The van der Waals surface area contributed by atoms with E-state index in [0.29, 0.717) is 31.3 Å². The van der Waals surface area contributed by atoms with Crippen LogP contribution < -0.4 is 5.32 Å². The largest absolute Gasteiger partial charge is 0.350 e. The number of carbonyl (C=O) groups excluding carboxylic acids is 2. The summed E-state index contributed by atoms with van der Waals surface area (Å²) < 4.78 is 13.6. The lowest BCUT2D eigenvalue weighted by atomic mass is 9.43. The van der Waals surface area contributed by atoms with Gasteiger partial charge in [0.15, 0.2) is 0 Å². The molecule has 0 atom stereocenters. The average Bonchev–Trinajstić information content (AvgIpc) is 2.61. The molecule has 0 unspecified atom stereocenters. The summed E-state index contributed by atoms with van der Waals surface area (Å²) in [7, 11) is 0. The van der Waals surface area contributed by atoms with E-state index in [0.717, 1.165) is 17.4 Å². The summed E-state index contributed by atoms with van der Waals surface area (Å²) in [6.07, 6.45) is 6.75. The number of nitrogens with one attached hydrogen (secondary N) is 1. The smallest absolute Gasteiger partial charge is 0.223 e. The number of carbonyl (C=O) groups is 2. The van der Waals surface area contributed by atoms with Gasteiger partial charge >= 0.3 is 0 Å². The zero-order valence-corrected chi connectivity index (χ0v) is 16.5. The molecule has 6 rings (SSSR count). The molecule has 0 aromatic heterocycles. The van der Waals surface area contributed by atoms with Gasteiger partial charge in [-0.3, -0.25) is 9.59 Å². The number of nitrogens with zero attached hydrogens (tertiary/aromatic N) is 1. The molecular formula is C23H29FN2O2. The van der Waals surface area contributed by atoms with E-state index in [4.69, 9.17) is 0 Å².